The molecule has 0 saturated heterocycles. The maximum Gasteiger partial charge on any atom is 0.387 e. The molecule has 1 aromatic carbocycles. The number of ether oxygens (including phenoxy) is 2. The molecule has 0 atom stereocenters. The summed E-state index contributed by atoms with van der Waals surface area (Å²) in [6, 6.07) is 4.42. The molecule has 0 amide bonds. The highest BCUT2D eigenvalue weighted by atomic mass is 19.3. The van der Waals surface area contributed by atoms with Gasteiger partial charge in [0.25, 0.3) is 0 Å². The van der Waals surface area contributed by atoms with E-state index in [1.54, 1.807) is 13.0 Å². The fraction of sp³-hybridized carbons (Fsp3) is 0.385. The molecule has 1 aromatic rings. The number of nitriles is 1. The van der Waals surface area contributed by atoms with Crippen LogP contribution in [0.25, 0.3) is 0 Å². The van der Waals surface area contributed by atoms with Gasteiger partial charge in [0.05, 0.1) is 31.3 Å². The van der Waals surface area contributed by atoms with E-state index >= 15 is 0 Å². The van der Waals surface area contributed by atoms with E-state index in [9.17, 15) is 13.6 Å². The Morgan fingerprint density at radius 1 is 1.50 bits per heavy atom. The number of esters is 1. The molecule has 0 aromatic heterocycles. The first-order valence-electron chi connectivity index (χ1n) is 5.79. The van der Waals surface area contributed by atoms with Crippen LogP contribution in [-0.4, -0.2) is 24.3 Å². The lowest BCUT2D eigenvalue weighted by Crippen LogP contribution is -2.13. The molecule has 1 rings (SSSR count). The molecule has 5 nitrogen and oxygen atoms in total. The average Bonchev–Trinajstić information content (AvgIpc) is 2.40. The largest absolute Gasteiger partial charge is 0.466 e. The molecule has 0 fully saturated rings. The van der Waals surface area contributed by atoms with Crippen LogP contribution in [0.2, 0.25) is 0 Å². The Kier molecular flexibility index (Phi) is 5.87. The van der Waals surface area contributed by atoms with Crippen molar-refractivity contribution >= 4 is 5.97 Å². The Bertz CT molecular complexity index is 526. The normalized spacial score (nSPS) is 10.2. The molecule has 0 aliphatic heterocycles. The fourth-order valence-corrected chi connectivity index (χ4v) is 1.67. The fourth-order valence-electron chi connectivity index (χ4n) is 1.67. The van der Waals surface area contributed by atoms with Gasteiger partial charge in [0.15, 0.2) is 0 Å². The SMILES string of the molecule is CCOC(=O)Cc1c(C#N)ccc(CO)c1OC(F)F. The number of aliphatic hydroxyl groups is 1. The monoisotopic (exact) mass is 285 g/mol. The quantitative estimate of drug-likeness (QED) is 0.806. The standard InChI is InChI=1S/C13H13F2NO4/c1-2-19-11(18)5-10-8(6-16)3-4-9(7-17)12(10)20-13(14)15/h3-4,13,17H,2,5,7H2,1H3. The van der Waals surface area contributed by atoms with Gasteiger partial charge < -0.3 is 14.6 Å². The zero-order valence-electron chi connectivity index (χ0n) is 10.7. The van der Waals surface area contributed by atoms with Gasteiger partial charge in [-0.05, 0) is 13.0 Å². The Morgan fingerprint density at radius 3 is 2.70 bits per heavy atom. The van der Waals surface area contributed by atoms with Crippen molar-refractivity contribution in [2.45, 2.75) is 26.6 Å². The van der Waals surface area contributed by atoms with Crippen LogP contribution in [0.4, 0.5) is 8.78 Å². The third kappa shape index (κ3) is 3.90. The van der Waals surface area contributed by atoms with Crippen LogP contribution in [0, 0.1) is 11.3 Å². The van der Waals surface area contributed by atoms with Gasteiger partial charge in [-0.2, -0.15) is 14.0 Å². The van der Waals surface area contributed by atoms with Crippen LogP contribution >= 0.6 is 0 Å². The minimum absolute atomic E-state index is 0.0159. The smallest absolute Gasteiger partial charge is 0.387 e. The molecule has 7 heteroatoms. The summed E-state index contributed by atoms with van der Waals surface area (Å²) in [4.78, 5) is 11.5. The summed E-state index contributed by atoms with van der Waals surface area (Å²) in [7, 11) is 0. The number of alkyl halides is 2. The average molecular weight is 285 g/mol. The van der Waals surface area contributed by atoms with Crippen LogP contribution in [0.3, 0.4) is 0 Å². The second kappa shape index (κ2) is 7.40. The van der Waals surface area contributed by atoms with Crippen LogP contribution < -0.4 is 4.74 Å². The highest BCUT2D eigenvalue weighted by Crippen LogP contribution is 2.29. The van der Waals surface area contributed by atoms with Crippen LogP contribution in [-0.2, 0) is 22.6 Å². The summed E-state index contributed by atoms with van der Waals surface area (Å²) in [6.45, 7) is -1.95. The van der Waals surface area contributed by atoms with Crippen molar-refractivity contribution in [1.82, 2.24) is 0 Å². The number of carbonyl (C=O) groups excluding carboxylic acids is 1. The van der Waals surface area contributed by atoms with Gasteiger partial charge in [0.1, 0.15) is 5.75 Å². The predicted octanol–water partition coefficient (Wildman–Crippen LogP) is 1.76. The molecule has 1 N–H and O–H groups in total. The molecule has 0 aliphatic carbocycles. The van der Waals surface area contributed by atoms with Crippen molar-refractivity contribution in [3.63, 3.8) is 0 Å². The van der Waals surface area contributed by atoms with Gasteiger partial charge in [-0.3, -0.25) is 4.79 Å². The molecule has 0 aliphatic rings. The van der Waals surface area contributed by atoms with Crippen LogP contribution in [0.5, 0.6) is 5.75 Å². The first-order valence-corrected chi connectivity index (χ1v) is 5.79. The number of rotatable bonds is 6. The van der Waals surface area contributed by atoms with E-state index < -0.39 is 19.2 Å². The van der Waals surface area contributed by atoms with E-state index in [1.807, 2.05) is 0 Å². The van der Waals surface area contributed by atoms with Crippen LogP contribution in [0.15, 0.2) is 12.1 Å². The highest BCUT2D eigenvalue weighted by Gasteiger charge is 2.20. The first-order chi connectivity index (χ1) is 9.53. The number of hydrogen-bond acceptors (Lipinski definition) is 5. The third-order valence-corrected chi connectivity index (χ3v) is 2.47. The van der Waals surface area contributed by atoms with Crippen molar-refractivity contribution in [1.29, 1.82) is 5.26 Å². The number of carbonyl (C=O) groups is 1. The molecule has 0 bridgehead atoms. The van der Waals surface area contributed by atoms with Gasteiger partial charge in [0.2, 0.25) is 0 Å². The minimum atomic E-state index is -3.13. The van der Waals surface area contributed by atoms with Crippen molar-refractivity contribution in [2.24, 2.45) is 0 Å². The lowest BCUT2D eigenvalue weighted by atomic mass is 10.0. The maximum atomic E-state index is 12.4. The van der Waals surface area contributed by atoms with Gasteiger partial charge >= 0.3 is 12.6 Å². The molecule has 20 heavy (non-hydrogen) atoms. The summed E-state index contributed by atoms with van der Waals surface area (Å²) >= 11 is 0. The summed E-state index contributed by atoms with van der Waals surface area (Å²) < 4.78 is 33.9. The molecule has 108 valence electrons. The van der Waals surface area contributed by atoms with E-state index in [2.05, 4.69) is 4.74 Å². The van der Waals surface area contributed by atoms with E-state index in [4.69, 9.17) is 15.1 Å². The third-order valence-electron chi connectivity index (χ3n) is 2.47. The summed E-state index contributed by atoms with van der Waals surface area (Å²) in [5.41, 5.74) is 0.0762. The molecule has 0 heterocycles. The number of hydrogen-bond donors (Lipinski definition) is 1. The van der Waals surface area contributed by atoms with Crippen molar-refractivity contribution in [3.8, 4) is 11.8 Å². The molecular formula is C13H13F2NO4. The molecule has 0 unspecified atom stereocenters. The van der Waals surface area contributed by atoms with Crippen molar-refractivity contribution in [3.05, 3.63) is 28.8 Å². The van der Waals surface area contributed by atoms with E-state index in [1.165, 1.54) is 12.1 Å². The number of nitrogens with zero attached hydrogens (tertiary/aromatic N) is 1. The van der Waals surface area contributed by atoms with Crippen molar-refractivity contribution in [2.75, 3.05) is 6.61 Å². The Hall–Kier alpha value is -2.20. The van der Waals surface area contributed by atoms with E-state index in [-0.39, 0.29) is 35.5 Å². The Morgan fingerprint density at radius 2 is 2.20 bits per heavy atom. The Labute approximate surface area is 114 Å². The first kappa shape index (κ1) is 15.9. The maximum absolute atomic E-state index is 12.4. The zero-order chi connectivity index (χ0) is 15.1. The lowest BCUT2D eigenvalue weighted by molar-refractivity contribution is -0.142. The topological polar surface area (TPSA) is 79.6 Å². The number of benzene rings is 1. The second-order valence-corrected chi connectivity index (χ2v) is 3.71. The number of halogens is 2. The van der Waals surface area contributed by atoms with E-state index in [0.29, 0.717) is 0 Å². The Balaban J connectivity index is 3.27. The van der Waals surface area contributed by atoms with Gasteiger partial charge in [-0.15, -0.1) is 0 Å². The molecule has 0 spiro atoms. The molecular weight excluding hydrogens is 272 g/mol. The van der Waals surface area contributed by atoms with Crippen molar-refractivity contribution < 1.29 is 28.2 Å². The van der Waals surface area contributed by atoms with Gasteiger partial charge in [-0.25, -0.2) is 0 Å². The second-order valence-electron chi connectivity index (χ2n) is 3.71. The summed E-state index contributed by atoms with van der Waals surface area (Å²) in [6.07, 6.45) is -0.382. The van der Waals surface area contributed by atoms with Crippen LogP contribution in [0.1, 0.15) is 23.6 Å². The predicted molar refractivity (Wildman–Crippen MR) is 64.0 cm³/mol. The molecule has 0 radical (unpaired) electrons. The lowest BCUT2D eigenvalue weighted by Gasteiger charge is -2.15. The minimum Gasteiger partial charge on any atom is -0.466 e. The highest BCUT2D eigenvalue weighted by molar-refractivity contribution is 5.75. The van der Waals surface area contributed by atoms with Gasteiger partial charge in [-0.1, -0.05) is 6.07 Å². The molecule has 0 saturated carbocycles. The summed E-state index contributed by atoms with van der Waals surface area (Å²) in [5.74, 6) is -1.02. The zero-order valence-corrected chi connectivity index (χ0v) is 10.7. The number of aliphatic hydroxyl groups excluding tert-OH is 1. The van der Waals surface area contributed by atoms with E-state index in [0.717, 1.165) is 0 Å². The van der Waals surface area contributed by atoms with Gasteiger partial charge in [0, 0.05) is 11.1 Å². The summed E-state index contributed by atoms with van der Waals surface area (Å²) in [5, 5.41) is 18.1.